The molecule has 0 radical (unpaired) electrons. The molecule has 5 nitrogen and oxygen atoms in total. The Labute approximate surface area is 341 Å². The SMILES string of the molecule is c1cc(-c2cccc3sc4ccccc4c23)cc(-c2nc(-n3c4ccc5oc6ccc7c8ccccc8n8c9cccc3c9c4c5c6c78)nc3sc4ccccc4c23)c1. The zero-order chi connectivity index (χ0) is 38.1. The quantitative estimate of drug-likeness (QED) is 0.179. The van der Waals surface area contributed by atoms with E-state index < -0.39 is 0 Å². The molecule has 8 aromatic carbocycles. The van der Waals surface area contributed by atoms with E-state index in [0.717, 1.165) is 60.0 Å². The number of nitrogens with zero attached hydrogens (tertiary/aromatic N) is 4. The number of hydrogen-bond donors (Lipinski definition) is 0. The van der Waals surface area contributed by atoms with Gasteiger partial charge in [-0.25, -0.2) is 9.97 Å². The van der Waals surface area contributed by atoms with Crippen LogP contribution in [-0.2, 0) is 0 Å². The largest absolute Gasteiger partial charge is 0.456 e. The van der Waals surface area contributed by atoms with E-state index in [4.69, 9.17) is 14.4 Å². The van der Waals surface area contributed by atoms with E-state index in [1.165, 1.54) is 74.0 Å². The molecule has 7 aromatic heterocycles. The molecule has 0 amide bonds. The van der Waals surface area contributed by atoms with Gasteiger partial charge in [-0.1, -0.05) is 91.0 Å². The minimum atomic E-state index is 0.656. The van der Waals surface area contributed by atoms with Crippen LogP contribution in [0.2, 0.25) is 0 Å². The highest BCUT2D eigenvalue weighted by Crippen LogP contribution is 2.49. The predicted molar refractivity (Wildman–Crippen MR) is 249 cm³/mol. The van der Waals surface area contributed by atoms with Crippen molar-refractivity contribution >= 4 is 134 Å². The van der Waals surface area contributed by atoms with E-state index in [9.17, 15) is 0 Å². The molecule has 0 unspecified atom stereocenters. The lowest BCUT2D eigenvalue weighted by Gasteiger charge is -2.12. The number of hydrogen-bond acceptors (Lipinski definition) is 5. The van der Waals surface area contributed by atoms with Crippen LogP contribution >= 0.6 is 22.7 Å². The summed E-state index contributed by atoms with van der Waals surface area (Å²) in [7, 11) is 0. The van der Waals surface area contributed by atoms with Crippen molar-refractivity contribution in [2.45, 2.75) is 0 Å². The van der Waals surface area contributed by atoms with Gasteiger partial charge < -0.3 is 8.82 Å². The van der Waals surface area contributed by atoms with Crippen molar-refractivity contribution in [3.8, 4) is 28.3 Å². The predicted octanol–water partition coefficient (Wildman–Crippen LogP) is 15.0. The van der Waals surface area contributed by atoms with Crippen LogP contribution in [0.3, 0.4) is 0 Å². The van der Waals surface area contributed by atoms with E-state index in [1.807, 2.05) is 11.3 Å². The molecule has 7 heteroatoms. The Bertz CT molecular complexity index is 4270. The lowest BCUT2D eigenvalue weighted by Crippen LogP contribution is -2.03. The zero-order valence-electron chi connectivity index (χ0n) is 31.0. The van der Waals surface area contributed by atoms with Crippen molar-refractivity contribution in [2.24, 2.45) is 0 Å². The van der Waals surface area contributed by atoms with Crippen molar-refractivity contribution in [1.29, 1.82) is 0 Å². The van der Waals surface area contributed by atoms with Crippen LogP contribution in [0, 0.1) is 0 Å². The number of fused-ring (bicyclic) bond motifs is 10. The molecule has 0 aliphatic rings. The van der Waals surface area contributed by atoms with Crippen molar-refractivity contribution in [2.75, 3.05) is 0 Å². The van der Waals surface area contributed by atoms with Gasteiger partial charge in [-0.3, -0.25) is 4.57 Å². The molecule has 15 aromatic rings. The summed E-state index contributed by atoms with van der Waals surface area (Å²) in [5.74, 6) is 0.656. The number of rotatable bonds is 3. The van der Waals surface area contributed by atoms with Gasteiger partial charge in [-0.05, 0) is 77.9 Å². The number of thiophene rings is 2. The molecular formula is C52H26N4OS2. The Morgan fingerprint density at radius 2 is 1.10 bits per heavy atom. The van der Waals surface area contributed by atoms with E-state index in [-0.39, 0.29) is 0 Å². The maximum Gasteiger partial charge on any atom is 0.236 e. The Balaban J connectivity index is 1.06. The summed E-state index contributed by atoms with van der Waals surface area (Å²) in [5, 5.41) is 12.0. The molecule has 0 atom stereocenters. The van der Waals surface area contributed by atoms with Crippen LogP contribution in [0.5, 0.6) is 0 Å². The minimum Gasteiger partial charge on any atom is -0.456 e. The topological polar surface area (TPSA) is 48.3 Å². The highest BCUT2D eigenvalue weighted by atomic mass is 32.1. The van der Waals surface area contributed by atoms with Crippen LogP contribution in [0.15, 0.2) is 162 Å². The number of furan rings is 1. The average molecular weight is 787 g/mol. The van der Waals surface area contributed by atoms with Crippen LogP contribution in [0.25, 0.3) is 140 Å². The van der Waals surface area contributed by atoms with Gasteiger partial charge in [0, 0.05) is 68.1 Å². The van der Waals surface area contributed by atoms with Crippen LogP contribution < -0.4 is 0 Å². The summed E-state index contributed by atoms with van der Waals surface area (Å²) >= 11 is 3.59. The van der Waals surface area contributed by atoms with E-state index in [2.05, 4.69) is 167 Å². The summed E-state index contributed by atoms with van der Waals surface area (Å²) in [6, 6.07) is 57.1. The molecule has 0 spiro atoms. The monoisotopic (exact) mass is 786 g/mol. The van der Waals surface area contributed by atoms with Crippen molar-refractivity contribution in [3.05, 3.63) is 158 Å². The second-order valence-corrected chi connectivity index (χ2v) is 17.8. The average Bonchev–Trinajstić information content (AvgIpc) is 4.08. The standard InChI is InChI=1S/C52H26N4OS2/c1-4-16-34-30(12-1)31-22-24-39-48-47-38(57-39)25-23-37-46(47)45-35(55(34)50(31)48)17-9-18-36(45)56(37)52-53-49(44-33-14-3-6-20-41(33)59-51(44)54-52)28-11-7-10-27(26-28)29-15-8-21-42-43(29)32-13-2-5-19-40(32)58-42/h1-26H. The fourth-order valence-electron chi connectivity index (χ4n) is 10.4. The highest BCUT2D eigenvalue weighted by Gasteiger charge is 2.28. The second kappa shape index (κ2) is 10.8. The summed E-state index contributed by atoms with van der Waals surface area (Å²) in [6.45, 7) is 0. The Morgan fingerprint density at radius 1 is 0.424 bits per heavy atom. The van der Waals surface area contributed by atoms with Gasteiger partial charge in [-0.2, -0.15) is 0 Å². The van der Waals surface area contributed by atoms with Crippen LogP contribution in [0.1, 0.15) is 0 Å². The fraction of sp³-hybridized carbons (Fsp3) is 0. The fourth-order valence-corrected chi connectivity index (χ4v) is 12.6. The molecule has 0 bridgehead atoms. The first-order chi connectivity index (χ1) is 29.3. The second-order valence-electron chi connectivity index (χ2n) is 15.6. The smallest absolute Gasteiger partial charge is 0.236 e. The van der Waals surface area contributed by atoms with E-state index >= 15 is 0 Å². The summed E-state index contributed by atoms with van der Waals surface area (Å²) in [5.41, 5.74) is 11.8. The van der Waals surface area contributed by atoms with Crippen molar-refractivity contribution in [3.63, 3.8) is 0 Å². The molecule has 7 heterocycles. The van der Waals surface area contributed by atoms with Crippen molar-refractivity contribution < 1.29 is 4.42 Å². The molecule has 0 fully saturated rings. The summed E-state index contributed by atoms with van der Waals surface area (Å²) in [4.78, 5) is 12.1. The van der Waals surface area contributed by atoms with Gasteiger partial charge >= 0.3 is 0 Å². The summed E-state index contributed by atoms with van der Waals surface area (Å²) < 4.78 is 15.2. The first kappa shape index (κ1) is 30.8. The van der Waals surface area contributed by atoms with Gasteiger partial charge in [0.1, 0.15) is 16.0 Å². The van der Waals surface area contributed by atoms with Crippen molar-refractivity contribution in [1.82, 2.24) is 18.9 Å². The number of benzene rings is 8. The number of para-hydroxylation sites is 1. The molecule has 0 N–H and O–H groups in total. The third-order valence-corrected chi connectivity index (χ3v) is 14.9. The normalized spacial score (nSPS) is 12.7. The molecule has 0 saturated carbocycles. The minimum absolute atomic E-state index is 0.656. The van der Waals surface area contributed by atoms with Crippen LogP contribution in [0.4, 0.5) is 0 Å². The molecule has 59 heavy (non-hydrogen) atoms. The first-order valence-corrected chi connectivity index (χ1v) is 21.5. The maximum atomic E-state index is 6.66. The summed E-state index contributed by atoms with van der Waals surface area (Å²) in [6.07, 6.45) is 0. The molecule has 272 valence electrons. The van der Waals surface area contributed by atoms with E-state index in [1.54, 1.807) is 11.3 Å². The van der Waals surface area contributed by atoms with Gasteiger partial charge in [0.15, 0.2) is 0 Å². The third kappa shape index (κ3) is 3.80. The third-order valence-electron chi connectivity index (χ3n) is 12.7. The lowest BCUT2D eigenvalue weighted by molar-refractivity contribution is 0.669. The van der Waals surface area contributed by atoms with Gasteiger partial charge in [0.25, 0.3) is 0 Å². The van der Waals surface area contributed by atoms with Gasteiger partial charge in [-0.15, -0.1) is 22.7 Å². The number of aromatic nitrogens is 4. The zero-order valence-corrected chi connectivity index (χ0v) is 32.7. The Hall–Kier alpha value is -7.32. The van der Waals surface area contributed by atoms with Crippen LogP contribution in [-0.4, -0.2) is 18.9 Å². The maximum absolute atomic E-state index is 6.66. The lowest BCUT2D eigenvalue weighted by atomic mass is 9.96. The molecule has 15 rings (SSSR count). The molecule has 0 aliphatic carbocycles. The highest BCUT2D eigenvalue weighted by molar-refractivity contribution is 7.26. The van der Waals surface area contributed by atoms with Gasteiger partial charge in [0.2, 0.25) is 5.95 Å². The Morgan fingerprint density at radius 3 is 2.02 bits per heavy atom. The van der Waals surface area contributed by atoms with Gasteiger partial charge in [0.05, 0.1) is 38.7 Å². The molecular weight excluding hydrogens is 761 g/mol. The molecule has 0 saturated heterocycles. The molecule has 0 aliphatic heterocycles. The van der Waals surface area contributed by atoms with E-state index in [0.29, 0.717) is 5.95 Å². The Kier molecular flexibility index (Phi) is 5.63. The first-order valence-electron chi connectivity index (χ1n) is 19.8.